The molecule has 0 saturated heterocycles. The van der Waals surface area contributed by atoms with Gasteiger partial charge in [-0.15, -0.1) is 0 Å². The molecule has 1 aromatic heterocycles. The van der Waals surface area contributed by atoms with Crippen molar-refractivity contribution in [3.8, 4) is 17.0 Å². The van der Waals surface area contributed by atoms with Gasteiger partial charge in [-0.05, 0) is 24.3 Å². The van der Waals surface area contributed by atoms with Gasteiger partial charge in [0.05, 0.1) is 36.1 Å². The van der Waals surface area contributed by atoms with Gasteiger partial charge in [0.2, 0.25) is 5.91 Å². The van der Waals surface area contributed by atoms with Gasteiger partial charge in [-0.1, -0.05) is 41.6 Å². The average Bonchev–Trinajstić information content (AvgIpc) is 2.76. The van der Waals surface area contributed by atoms with Crippen molar-refractivity contribution in [2.45, 2.75) is 10.1 Å². The predicted molar refractivity (Wildman–Crippen MR) is 120 cm³/mol. The number of hydrogen-bond donors (Lipinski definition) is 1. The van der Waals surface area contributed by atoms with Crippen LogP contribution in [0.15, 0.2) is 58.7 Å². The van der Waals surface area contributed by atoms with Crippen LogP contribution in [0.4, 0.5) is 11.4 Å². The fourth-order valence-electron chi connectivity index (χ4n) is 3.13. The molecule has 1 aliphatic heterocycles. The molecule has 0 radical (unpaired) electrons. The smallest absolute Gasteiger partial charge is 0.267 e. The van der Waals surface area contributed by atoms with Gasteiger partial charge in [-0.25, -0.2) is 18.4 Å². The number of benzene rings is 2. The van der Waals surface area contributed by atoms with E-state index < -0.39 is 10.0 Å². The topological polar surface area (TPSA) is 101 Å². The second-order valence-electron chi connectivity index (χ2n) is 6.54. The van der Waals surface area contributed by atoms with Crippen LogP contribution >= 0.6 is 23.4 Å². The SMILES string of the molecule is COc1ccc(Cl)cc1NC(=O)CSc1ncc2c(n1)-c1ccccc1N(C)S2(=O)=O. The van der Waals surface area contributed by atoms with Gasteiger partial charge in [-0.3, -0.25) is 9.10 Å². The number of thioether (sulfide) groups is 1. The quantitative estimate of drug-likeness (QED) is 0.442. The lowest BCUT2D eigenvalue weighted by Gasteiger charge is -2.28. The van der Waals surface area contributed by atoms with Gasteiger partial charge in [-0.2, -0.15) is 0 Å². The zero-order valence-corrected chi connectivity index (χ0v) is 18.9. The number of ether oxygens (including phenoxy) is 1. The number of carbonyl (C=O) groups is 1. The van der Waals surface area contributed by atoms with Gasteiger partial charge >= 0.3 is 0 Å². The van der Waals surface area contributed by atoms with Crippen LogP contribution in [0, 0.1) is 0 Å². The maximum absolute atomic E-state index is 12.8. The van der Waals surface area contributed by atoms with E-state index in [1.54, 1.807) is 36.4 Å². The summed E-state index contributed by atoms with van der Waals surface area (Å²) >= 11 is 7.09. The predicted octanol–water partition coefficient (Wildman–Crippen LogP) is 3.67. The zero-order valence-electron chi connectivity index (χ0n) is 16.5. The molecule has 31 heavy (non-hydrogen) atoms. The van der Waals surface area contributed by atoms with Crippen molar-refractivity contribution in [1.29, 1.82) is 0 Å². The molecular formula is C20H17ClN4O4S2. The van der Waals surface area contributed by atoms with Crippen LogP contribution in [0.2, 0.25) is 5.02 Å². The molecule has 2 aromatic carbocycles. The Morgan fingerprint density at radius 1 is 1.26 bits per heavy atom. The molecule has 0 unspecified atom stereocenters. The van der Waals surface area contributed by atoms with Crippen molar-refractivity contribution in [2.75, 3.05) is 29.5 Å². The molecule has 8 nitrogen and oxygen atoms in total. The summed E-state index contributed by atoms with van der Waals surface area (Å²) in [5, 5.41) is 3.50. The first-order valence-corrected chi connectivity index (χ1v) is 11.8. The first kappa shape index (κ1) is 21.4. The molecule has 0 atom stereocenters. The Labute approximate surface area is 188 Å². The zero-order chi connectivity index (χ0) is 22.2. The van der Waals surface area contributed by atoms with Crippen molar-refractivity contribution in [2.24, 2.45) is 0 Å². The Bertz CT molecular complexity index is 1280. The van der Waals surface area contributed by atoms with Gasteiger partial charge in [0, 0.05) is 17.6 Å². The lowest BCUT2D eigenvalue weighted by Crippen LogP contribution is -2.31. The monoisotopic (exact) mass is 476 g/mol. The fourth-order valence-corrected chi connectivity index (χ4v) is 5.21. The number of hydrogen-bond acceptors (Lipinski definition) is 7. The Hall–Kier alpha value is -2.82. The van der Waals surface area contributed by atoms with E-state index in [0.717, 1.165) is 11.8 Å². The molecule has 1 amide bonds. The number of anilines is 2. The van der Waals surface area contributed by atoms with Gasteiger partial charge < -0.3 is 10.1 Å². The lowest BCUT2D eigenvalue weighted by atomic mass is 10.1. The van der Waals surface area contributed by atoms with Crippen molar-refractivity contribution in [3.63, 3.8) is 0 Å². The molecule has 4 rings (SSSR count). The number of nitrogens with one attached hydrogen (secondary N) is 1. The largest absolute Gasteiger partial charge is 0.495 e. The number of rotatable bonds is 5. The summed E-state index contributed by atoms with van der Waals surface area (Å²) in [5.74, 6) is 0.196. The fraction of sp³-hybridized carbons (Fsp3) is 0.150. The van der Waals surface area contributed by atoms with Crippen LogP contribution in [0.3, 0.4) is 0 Å². The van der Waals surface area contributed by atoms with Crippen LogP contribution in [0.25, 0.3) is 11.3 Å². The summed E-state index contributed by atoms with van der Waals surface area (Å²) < 4.78 is 32.0. The number of fused-ring (bicyclic) bond motifs is 3. The molecule has 11 heteroatoms. The normalized spacial score (nSPS) is 13.8. The molecular weight excluding hydrogens is 460 g/mol. The first-order valence-electron chi connectivity index (χ1n) is 9.03. The minimum atomic E-state index is -3.74. The van der Waals surface area contributed by atoms with E-state index in [1.165, 1.54) is 24.7 Å². The number of aromatic nitrogens is 2. The number of halogens is 1. The van der Waals surface area contributed by atoms with Crippen molar-refractivity contribution in [3.05, 3.63) is 53.7 Å². The Morgan fingerprint density at radius 3 is 2.81 bits per heavy atom. The summed E-state index contributed by atoms with van der Waals surface area (Å²) in [4.78, 5) is 21.0. The van der Waals surface area contributed by atoms with Crippen LogP contribution in [0.1, 0.15) is 0 Å². The third kappa shape index (κ3) is 4.06. The van der Waals surface area contributed by atoms with Crippen molar-refractivity contribution in [1.82, 2.24) is 9.97 Å². The Morgan fingerprint density at radius 2 is 2.03 bits per heavy atom. The third-order valence-corrected chi connectivity index (χ3v) is 7.51. The van der Waals surface area contributed by atoms with E-state index in [2.05, 4.69) is 15.3 Å². The van der Waals surface area contributed by atoms with Crippen LogP contribution in [-0.4, -0.2) is 44.2 Å². The molecule has 0 fully saturated rings. The highest BCUT2D eigenvalue weighted by Crippen LogP contribution is 2.41. The molecule has 0 spiro atoms. The van der Waals surface area contributed by atoms with Gasteiger partial charge in [0.25, 0.3) is 10.0 Å². The van der Waals surface area contributed by atoms with E-state index in [-0.39, 0.29) is 16.6 Å². The second kappa shape index (κ2) is 8.37. The second-order valence-corrected chi connectivity index (χ2v) is 9.85. The summed E-state index contributed by atoms with van der Waals surface area (Å²) in [6.07, 6.45) is 1.28. The minimum Gasteiger partial charge on any atom is -0.495 e. The maximum atomic E-state index is 12.8. The molecule has 0 saturated carbocycles. The molecule has 0 bridgehead atoms. The Balaban J connectivity index is 1.56. The number of carbonyl (C=O) groups excluding carboxylic acids is 1. The number of sulfonamides is 1. The minimum absolute atomic E-state index is 0.0166. The van der Waals surface area contributed by atoms with Crippen LogP contribution in [0.5, 0.6) is 5.75 Å². The van der Waals surface area contributed by atoms with Crippen LogP contribution in [-0.2, 0) is 14.8 Å². The standard InChI is InChI=1S/C20H17ClN4O4S2/c1-25-15-6-4-3-5-13(15)19-17(31(25,27)28)10-22-20(24-19)30-11-18(26)23-14-9-12(21)7-8-16(14)29-2/h3-10H,11H2,1-2H3,(H,23,26). The summed E-state index contributed by atoms with van der Waals surface area (Å²) in [6, 6.07) is 12.0. The van der Waals surface area contributed by atoms with E-state index in [0.29, 0.717) is 38.6 Å². The summed E-state index contributed by atoms with van der Waals surface area (Å²) in [5.41, 5.74) is 2.00. The van der Waals surface area contributed by atoms with E-state index in [4.69, 9.17) is 16.3 Å². The lowest BCUT2D eigenvalue weighted by molar-refractivity contribution is -0.113. The number of nitrogens with zero attached hydrogens (tertiary/aromatic N) is 3. The number of para-hydroxylation sites is 1. The van der Waals surface area contributed by atoms with Crippen LogP contribution < -0.4 is 14.4 Å². The molecule has 1 N–H and O–H groups in total. The Kier molecular flexibility index (Phi) is 5.78. The van der Waals surface area contributed by atoms with Gasteiger partial charge in [0.1, 0.15) is 10.6 Å². The van der Waals surface area contributed by atoms with E-state index in [1.807, 2.05) is 6.07 Å². The third-order valence-electron chi connectivity index (χ3n) is 4.64. The molecule has 160 valence electrons. The molecule has 3 aromatic rings. The first-order chi connectivity index (χ1) is 14.8. The highest BCUT2D eigenvalue weighted by atomic mass is 35.5. The molecule has 1 aliphatic rings. The summed E-state index contributed by atoms with van der Waals surface area (Å²) in [6.45, 7) is 0. The molecule has 0 aliphatic carbocycles. The number of amides is 1. The highest BCUT2D eigenvalue weighted by molar-refractivity contribution is 7.99. The highest BCUT2D eigenvalue weighted by Gasteiger charge is 2.34. The number of methoxy groups -OCH3 is 1. The average molecular weight is 477 g/mol. The van der Waals surface area contributed by atoms with Gasteiger partial charge in [0.15, 0.2) is 5.16 Å². The van der Waals surface area contributed by atoms with E-state index >= 15 is 0 Å². The van der Waals surface area contributed by atoms with E-state index in [9.17, 15) is 13.2 Å². The van der Waals surface area contributed by atoms with Crippen molar-refractivity contribution < 1.29 is 17.9 Å². The molecule has 2 heterocycles. The summed E-state index contributed by atoms with van der Waals surface area (Å²) in [7, 11) is -0.749. The van der Waals surface area contributed by atoms with Crippen molar-refractivity contribution >= 4 is 50.7 Å². The maximum Gasteiger partial charge on any atom is 0.267 e.